The van der Waals surface area contributed by atoms with E-state index in [1.54, 1.807) is 12.1 Å². The standard InChI is InChI=1S/C16H22FN3O2/c17-12-1-3-13(4-2-12)20-6-5-11(10-20)8-19-16(22)15-7-14(21)9-18-15/h1-4,11,14-15,18,21H,5-10H2,(H,19,22)/t11-,14-,15+/m0/s1. The van der Waals surface area contributed by atoms with Crippen molar-refractivity contribution in [1.29, 1.82) is 0 Å². The maximum atomic E-state index is 12.9. The van der Waals surface area contributed by atoms with Crippen LogP contribution in [0.4, 0.5) is 10.1 Å². The van der Waals surface area contributed by atoms with Gasteiger partial charge in [-0.05, 0) is 43.0 Å². The lowest BCUT2D eigenvalue weighted by atomic mass is 10.1. The summed E-state index contributed by atoms with van der Waals surface area (Å²) < 4.78 is 12.9. The van der Waals surface area contributed by atoms with Crippen LogP contribution in [-0.4, -0.2) is 49.3 Å². The van der Waals surface area contributed by atoms with E-state index in [0.717, 1.165) is 25.2 Å². The molecular weight excluding hydrogens is 285 g/mol. The molecule has 0 aliphatic carbocycles. The number of aliphatic hydroxyl groups is 1. The molecular formula is C16H22FN3O2. The molecule has 0 saturated carbocycles. The molecule has 1 aromatic rings. The highest BCUT2D eigenvalue weighted by atomic mass is 19.1. The number of hydrogen-bond acceptors (Lipinski definition) is 4. The Hall–Kier alpha value is -1.66. The average Bonchev–Trinajstić information content (AvgIpc) is 3.15. The number of anilines is 1. The zero-order valence-corrected chi connectivity index (χ0v) is 12.5. The van der Waals surface area contributed by atoms with Crippen LogP contribution in [0, 0.1) is 11.7 Å². The molecule has 0 bridgehead atoms. The second kappa shape index (κ2) is 6.62. The van der Waals surface area contributed by atoms with Gasteiger partial charge in [-0.1, -0.05) is 0 Å². The lowest BCUT2D eigenvalue weighted by Gasteiger charge is -2.19. The fourth-order valence-electron chi connectivity index (χ4n) is 3.17. The average molecular weight is 307 g/mol. The third kappa shape index (κ3) is 3.56. The number of nitrogens with zero attached hydrogens (tertiary/aromatic N) is 1. The summed E-state index contributed by atoms with van der Waals surface area (Å²) in [7, 11) is 0. The van der Waals surface area contributed by atoms with Crippen LogP contribution in [0.1, 0.15) is 12.8 Å². The topological polar surface area (TPSA) is 64.6 Å². The molecule has 3 atom stereocenters. The molecule has 3 rings (SSSR count). The smallest absolute Gasteiger partial charge is 0.237 e. The fraction of sp³-hybridized carbons (Fsp3) is 0.562. The Morgan fingerprint density at radius 1 is 1.41 bits per heavy atom. The van der Waals surface area contributed by atoms with Gasteiger partial charge in [0.05, 0.1) is 12.1 Å². The first kappa shape index (κ1) is 15.2. The number of hydrogen-bond donors (Lipinski definition) is 3. The Balaban J connectivity index is 1.45. The first-order chi connectivity index (χ1) is 10.6. The molecule has 2 fully saturated rings. The number of aliphatic hydroxyl groups excluding tert-OH is 1. The van der Waals surface area contributed by atoms with Gasteiger partial charge >= 0.3 is 0 Å². The van der Waals surface area contributed by atoms with Crippen LogP contribution in [0.25, 0.3) is 0 Å². The van der Waals surface area contributed by atoms with Crippen LogP contribution >= 0.6 is 0 Å². The highest BCUT2D eigenvalue weighted by molar-refractivity contribution is 5.82. The van der Waals surface area contributed by atoms with Crippen LogP contribution in [0.5, 0.6) is 0 Å². The molecule has 6 heteroatoms. The Bertz CT molecular complexity index is 523. The number of benzene rings is 1. The van der Waals surface area contributed by atoms with Crippen molar-refractivity contribution in [3.05, 3.63) is 30.1 Å². The monoisotopic (exact) mass is 307 g/mol. The number of β-amino-alcohol motifs (C(OH)–C–C–N with tert-alkyl or cyclic N) is 1. The van der Waals surface area contributed by atoms with E-state index in [1.807, 2.05) is 0 Å². The van der Waals surface area contributed by atoms with E-state index in [0.29, 0.717) is 25.4 Å². The van der Waals surface area contributed by atoms with E-state index in [1.165, 1.54) is 12.1 Å². The van der Waals surface area contributed by atoms with Crippen molar-refractivity contribution in [3.8, 4) is 0 Å². The highest BCUT2D eigenvalue weighted by Crippen LogP contribution is 2.23. The van der Waals surface area contributed by atoms with Gasteiger partial charge in [-0.3, -0.25) is 4.79 Å². The normalized spacial score (nSPS) is 28.1. The summed E-state index contributed by atoms with van der Waals surface area (Å²) in [5.74, 6) is 0.148. The van der Waals surface area contributed by atoms with Gasteiger partial charge in [0.15, 0.2) is 0 Å². The van der Waals surface area contributed by atoms with E-state index in [2.05, 4.69) is 15.5 Å². The molecule has 5 nitrogen and oxygen atoms in total. The van der Waals surface area contributed by atoms with Crippen molar-refractivity contribution in [2.75, 3.05) is 31.1 Å². The van der Waals surface area contributed by atoms with Crippen molar-refractivity contribution >= 4 is 11.6 Å². The maximum Gasteiger partial charge on any atom is 0.237 e. The molecule has 0 unspecified atom stereocenters. The SMILES string of the molecule is O=C(NC[C@@H]1CCN(c2ccc(F)cc2)C1)[C@H]1C[C@H](O)CN1. The summed E-state index contributed by atoms with van der Waals surface area (Å²) in [5, 5.41) is 15.4. The number of carbonyl (C=O) groups is 1. The molecule has 2 saturated heterocycles. The van der Waals surface area contributed by atoms with Gasteiger partial charge in [0, 0.05) is 31.9 Å². The Labute approximate surface area is 129 Å². The molecule has 2 aliphatic rings. The molecule has 2 heterocycles. The van der Waals surface area contributed by atoms with Crippen LogP contribution in [0.3, 0.4) is 0 Å². The van der Waals surface area contributed by atoms with Crippen molar-refractivity contribution in [3.63, 3.8) is 0 Å². The molecule has 1 aromatic carbocycles. The molecule has 3 N–H and O–H groups in total. The number of amides is 1. The van der Waals surface area contributed by atoms with Gasteiger partial charge in [-0.15, -0.1) is 0 Å². The third-order valence-corrected chi connectivity index (χ3v) is 4.47. The first-order valence-electron chi connectivity index (χ1n) is 7.81. The zero-order chi connectivity index (χ0) is 15.5. The third-order valence-electron chi connectivity index (χ3n) is 4.47. The minimum Gasteiger partial charge on any atom is -0.392 e. The Morgan fingerprint density at radius 2 is 2.18 bits per heavy atom. The molecule has 0 spiro atoms. The molecule has 0 radical (unpaired) electrons. The van der Waals surface area contributed by atoms with Gasteiger partial charge in [0.25, 0.3) is 0 Å². The van der Waals surface area contributed by atoms with Crippen molar-refractivity contribution < 1.29 is 14.3 Å². The van der Waals surface area contributed by atoms with Crippen LogP contribution < -0.4 is 15.5 Å². The maximum absolute atomic E-state index is 12.9. The molecule has 22 heavy (non-hydrogen) atoms. The molecule has 0 aromatic heterocycles. The van der Waals surface area contributed by atoms with Crippen molar-refractivity contribution in [1.82, 2.24) is 10.6 Å². The highest BCUT2D eigenvalue weighted by Gasteiger charge is 2.29. The number of rotatable bonds is 4. The van der Waals surface area contributed by atoms with Crippen molar-refractivity contribution in [2.24, 2.45) is 5.92 Å². The van der Waals surface area contributed by atoms with E-state index < -0.39 is 6.10 Å². The minimum atomic E-state index is -0.420. The van der Waals surface area contributed by atoms with Gasteiger partial charge in [-0.2, -0.15) is 0 Å². The van der Waals surface area contributed by atoms with E-state index >= 15 is 0 Å². The Morgan fingerprint density at radius 3 is 2.86 bits per heavy atom. The number of halogens is 1. The van der Waals surface area contributed by atoms with Gasteiger partial charge in [0.1, 0.15) is 5.82 Å². The summed E-state index contributed by atoms with van der Waals surface area (Å²) in [6, 6.07) is 6.26. The summed E-state index contributed by atoms with van der Waals surface area (Å²) >= 11 is 0. The lowest BCUT2D eigenvalue weighted by molar-refractivity contribution is -0.123. The van der Waals surface area contributed by atoms with E-state index in [-0.39, 0.29) is 17.8 Å². The molecule has 1 amide bonds. The number of nitrogens with one attached hydrogen (secondary N) is 2. The molecule has 2 aliphatic heterocycles. The summed E-state index contributed by atoms with van der Waals surface area (Å²) in [6.07, 6.45) is 1.08. The largest absolute Gasteiger partial charge is 0.392 e. The lowest BCUT2D eigenvalue weighted by Crippen LogP contribution is -2.42. The zero-order valence-electron chi connectivity index (χ0n) is 12.5. The van der Waals surface area contributed by atoms with Gasteiger partial charge in [-0.25, -0.2) is 4.39 Å². The quantitative estimate of drug-likeness (QED) is 0.757. The van der Waals surface area contributed by atoms with Crippen molar-refractivity contribution in [2.45, 2.75) is 25.0 Å². The van der Waals surface area contributed by atoms with Gasteiger partial charge < -0.3 is 20.6 Å². The second-order valence-electron chi connectivity index (χ2n) is 6.17. The van der Waals surface area contributed by atoms with E-state index in [4.69, 9.17) is 0 Å². The fourth-order valence-corrected chi connectivity index (χ4v) is 3.17. The predicted octanol–water partition coefficient (Wildman–Crippen LogP) is 0.491. The van der Waals surface area contributed by atoms with E-state index in [9.17, 15) is 14.3 Å². The van der Waals surface area contributed by atoms with Crippen LogP contribution in [0.15, 0.2) is 24.3 Å². The first-order valence-corrected chi connectivity index (χ1v) is 7.81. The Kier molecular flexibility index (Phi) is 4.59. The number of carbonyl (C=O) groups excluding carboxylic acids is 1. The summed E-state index contributed by atoms with van der Waals surface area (Å²) in [6.45, 7) is 2.92. The minimum absolute atomic E-state index is 0.0308. The van der Waals surface area contributed by atoms with Gasteiger partial charge in [0.2, 0.25) is 5.91 Å². The van der Waals surface area contributed by atoms with Crippen LogP contribution in [0.2, 0.25) is 0 Å². The van der Waals surface area contributed by atoms with Crippen LogP contribution in [-0.2, 0) is 4.79 Å². The second-order valence-corrected chi connectivity index (χ2v) is 6.17. The predicted molar refractivity (Wildman–Crippen MR) is 82.1 cm³/mol. The molecule has 120 valence electrons. The summed E-state index contributed by atoms with van der Waals surface area (Å²) in [5.41, 5.74) is 1.02. The summed E-state index contributed by atoms with van der Waals surface area (Å²) in [4.78, 5) is 14.2.